The van der Waals surface area contributed by atoms with Crippen LogP contribution in [0.2, 0.25) is 0 Å². The number of hydrogen-bond donors (Lipinski definition) is 0. The maximum absolute atomic E-state index is 11.2. The largest absolute Gasteiger partial charge is 0.378 e. The van der Waals surface area contributed by atoms with Gasteiger partial charge in [-0.3, -0.25) is 9.69 Å². The highest BCUT2D eigenvalue weighted by atomic mass is 16.5. The van der Waals surface area contributed by atoms with Gasteiger partial charge in [0.05, 0.1) is 6.10 Å². The van der Waals surface area contributed by atoms with Gasteiger partial charge in [0.25, 0.3) is 0 Å². The first-order valence-electron chi connectivity index (χ1n) is 7.17. The number of piperidine rings is 1. The Labute approximate surface area is 105 Å². The summed E-state index contributed by atoms with van der Waals surface area (Å²) in [5, 5.41) is 0. The molecule has 1 aliphatic heterocycles. The number of carbonyl (C=O) groups excluding carboxylic acids is 1. The molecule has 17 heavy (non-hydrogen) atoms. The predicted octanol–water partition coefficient (Wildman–Crippen LogP) is 2.39. The van der Waals surface area contributed by atoms with Crippen LogP contribution < -0.4 is 0 Å². The van der Waals surface area contributed by atoms with E-state index in [0.29, 0.717) is 17.9 Å². The van der Waals surface area contributed by atoms with Crippen LogP contribution in [0.4, 0.5) is 0 Å². The lowest BCUT2D eigenvalue weighted by molar-refractivity contribution is -0.122. The van der Waals surface area contributed by atoms with E-state index in [1.807, 2.05) is 0 Å². The number of Topliss-reactive ketones (excluding diaryl/α,β-unsaturated/α-hetero) is 1. The maximum atomic E-state index is 11.2. The minimum Gasteiger partial charge on any atom is -0.378 e. The van der Waals surface area contributed by atoms with Gasteiger partial charge in [-0.15, -0.1) is 0 Å². The Bertz CT molecular complexity index is 237. The fourth-order valence-corrected chi connectivity index (χ4v) is 3.00. The molecular weight excluding hydrogens is 214 g/mol. The third-order valence-electron chi connectivity index (χ3n) is 4.07. The van der Waals surface area contributed by atoms with E-state index in [-0.39, 0.29) is 0 Å². The van der Waals surface area contributed by atoms with Crippen LogP contribution in [0.1, 0.15) is 51.9 Å². The van der Waals surface area contributed by atoms with Gasteiger partial charge in [-0.2, -0.15) is 0 Å². The molecule has 1 heterocycles. The van der Waals surface area contributed by atoms with Crippen molar-refractivity contribution in [3.05, 3.63) is 0 Å². The molecule has 0 bridgehead atoms. The number of ether oxygens (including phenoxy) is 1. The van der Waals surface area contributed by atoms with E-state index < -0.39 is 0 Å². The van der Waals surface area contributed by atoms with Gasteiger partial charge in [-0.25, -0.2) is 0 Å². The molecule has 1 aliphatic carbocycles. The molecule has 0 aromatic heterocycles. The molecule has 3 heteroatoms. The Balaban J connectivity index is 1.69. The molecule has 1 saturated carbocycles. The van der Waals surface area contributed by atoms with Crippen molar-refractivity contribution in [1.82, 2.24) is 4.90 Å². The Kier molecular flexibility index (Phi) is 4.99. The summed E-state index contributed by atoms with van der Waals surface area (Å²) in [5.41, 5.74) is 0. The van der Waals surface area contributed by atoms with Crippen molar-refractivity contribution in [2.75, 3.05) is 19.7 Å². The Morgan fingerprint density at radius 2 is 1.82 bits per heavy atom. The summed E-state index contributed by atoms with van der Waals surface area (Å²) in [4.78, 5) is 13.7. The molecule has 0 spiro atoms. The zero-order valence-electron chi connectivity index (χ0n) is 11.0. The minimum atomic E-state index is 0.446. The van der Waals surface area contributed by atoms with Crippen LogP contribution in [0.3, 0.4) is 0 Å². The molecule has 0 atom stereocenters. The van der Waals surface area contributed by atoms with Gasteiger partial charge < -0.3 is 4.74 Å². The van der Waals surface area contributed by atoms with Gasteiger partial charge in [-0.1, -0.05) is 6.92 Å². The van der Waals surface area contributed by atoms with Crippen molar-refractivity contribution in [3.63, 3.8) is 0 Å². The molecule has 2 aliphatic rings. The second-order valence-electron chi connectivity index (χ2n) is 5.38. The van der Waals surface area contributed by atoms with Crippen molar-refractivity contribution in [2.24, 2.45) is 0 Å². The van der Waals surface area contributed by atoms with E-state index >= 15 is 0 Å². The third-order valence-corrected chi connectivity index (χ3v) is 4.07. The summed E-state index contributed by atoms with van der Waals surface area (Å²) in [6, 6.07) is 0.713. The normalized spacial score (nSPS) is 31.7. The van der Waals surface area contributed by atoms with Gasteiger partial charge in [0.1, 0.15) is 5.78 Å². The molecule has 1 saturated heterocycles. The topological polar surface area (TPSA) is 29.5 Å². The van der Waals surface area contributed by atoms with E-state index in [1.165, 1.54) is 25.7 Å². The summed E-state index contributed by atoms with van der Waals surface area (Å²) in [6.45, 7) is 5.05. The molecule has 0 radical (unpaired) electrons. The summed E-state index contributed by atoms with van der Waals surface area (Å²) in [5.74, 6) is 0.446. The lowest BCUT2D eigenvalue weighted by atomic mass is 9.90. The van der Waals surface area contributed by atoms with Gasteiger partial charge in [0.15, 0.2) is 0 Å². The van der Waals surface area contributed by atoms with Crippen LogP contribution in [-0.4, -0.2) is 42.5 Å². The smallest absolute Gasteiger partial charge is 0.135 e. The molecular formula is C14H25NO2. The first-order valence-corrected chi connectivity index (χ1v) is 7.17. The summed E-state index contributed by atoms with van der Waals surface area (Å²) >= 11 is 0. The molecule has 98 valence electrons. The first kappa shape index (κ1) is 13.0. The lowest BCUT2D eigenvalue weighted by Gasteiger charge is -2.38. The van der Waals surface area contributed by atoms with Gasteiger partial charge in [0, 0.05) is 38.6 Å². The third kappa shape index (κ3) is 3.78. The van der Waals surface area contributed by atoms with E-state index in [2.05, 4.69) is 11.8 Å². The Hall–Kier alpha value is -0.410. The highest BCUT2D eigenvalue weighted by molar-refractivity contribution is 5.79. The van der Waals surface area contributed by atoms with Crippen molar-refractivity contribution in [3.8, 4) is 0 Å². The van der Waals surface area contributed by atoms with E-state index in [0.717, 1.165) is 39.0 Å². The standard InChI is InChI=1S/C14H25NO2/c1-2-11-17-14-5-3-12(4-6-14)15-9-7-13(16)8-10-15/h12,14H,2-11H2,1H3/t12-,14-. The molecule has 0 aromatic rings. The fourth-order valence-electron chi connectivity index (χ4n) is 3.00. The van der Waals surface area contributed by atoms with Crippen molar-refractivity contribution >= 4 is 5.78 Å². The number of carbonyl (C=O) groups is 1. The molecule has 0 N–H and O–H groups in total. The number of ketones is 1. The molecule has 3 nitrogen and oxygen atoms in total. The van der Waals surface area contributed by atoms with E-state index in [4.69, 9.17) is 4.74 Å². The van der Waals surface area contributed by atoms with Crippen LogP contribution >= 0.6 is 0 Å². The maximum Gasteiger partial charge on any atom is 0.135 e. The Morgan fingerprint density at radius 1 is 1.18 bits per heavy atom. The van der Waals surface area contributed by atoms with Crippen molar-refractivity contribution in [1.29, 1.82) is 0 Å². The zero-order chi connectivity index (χ0) is 12.1. The zero-order valence-corrected chi connectivity index (χ0v) is 11.0. The lowest BCUT2D eigenvalue weighted by Crippen LogP contribution is -2.44. The SMILES string of the molecule is CCCO[C@H]1CC[C@H](N2CCC(=O)CC2)CC1. The predicted molar refractivity (Wildman–Crippen MR) is 68.1 cm³/mol. The molecule has 0 aromatic carbocycles. The van der Waals surface area contributed by atoms with Crippen LogP contribution in [-0.2, 0) is 9.53 Å². The number of likely N-dealkylation sites (tertiary alicyclic amines) is 1. The molecule has 0 amide bonds. The van der Waals surface area contributed by atoms with Crippen molar-refractivity contribution < 1.29 is 9.53 Å². The molecule has 2 rings (SSSR count). The van der Waals surface area contributed by atoms with E-state index in [1.54, 1.807) is 0 Å². The average molecular weight is 239 g/mol. The first-order chi connectivity index (χ1) is 8.29. The number of rotatable bonds is 4. The highest BCUT2D eigenvalue weighted by Crippen LogP contribution is 2.26. The Morgan fingerprint density at radius 3 is 2.41 bits per heavy atom. The molecule has 0 unspecified atom stereocenters. The summed E-state index contributed by atoms with van der Waals surface area (Å²) < 4.78 is 5.81. The van der Waals surface area contributed by atoms with Crippen molar-refractivity contribution in [2.45, 2.75) is 64.0 Å². The van der Waals surface area contributed by atoms with E-state index in [9.17, 15) is 4.79 Å². The monoisotopic (exact) mass is 239 g/mol. The summed E-state index contributed by atoms with van der Waals surface area (Å²) in [7, 11) is 0. The van der Waals surface area contributed by atoms with Crippen LogP contribution in [0.5, 0.6) is 0 Å². The highest BCUT2D eigenvalue weighted by Gasteiger charge is 2.28. The second kappa shape index (κ2) is 6.50. The van der Waals surface area contributed by atoms with Crippen LogP contribution in [0, 0.1) is 0 Å². The minimum absolute atomic E-state index is 0.446. The van der Waals surface area contributed by atoms with Gasteiger partial charge in [-0.05, 0) is 32.1 Å². The summed E-state index contributed by atoms with van der Waals surface area (Å²) in [6.07, 6.45) is 8.07. The number of nitrogens with zero attached hydrogens (tertiary/aromatic N) is 1. The molecule has 2 fully saturated rings. The second-order valence-corrected chi connectivity index (χ2v) is 5.38. The quantitative estimate of drug-likeness (QED) is 0.754. The van der Waals surface area contributed by atoms with Crippen LogP contribution in [0.25, 0.3) is 0 Å². The van der Waals surface area contributed by atoms with Gasteiger partial charge in [0.2, 0.25) is 0 Å². The van der Waals surface area contributed by atoms with Gasteiger partial charge >= 0.3 is 0 Å². The van der Waals surface area contributed by atoms with Crippen LogP contribution in [0.15, 0.2) is 0 Å². The number of hydrogen-bond acceptors (Lipinski definition) is 3. The fraction of sp³-hybridized carbons (Fsp3) is 0.929. The average Bonchev–Trinajstić information content (AvgIpc) is 2.38.